The second-order valence-electron chi connectivity index (χ2n) is 6.01. The molecule has 0 fully saturated rings. The maximum Gasteiger partial charge on any atom is 0.341 e. The van der Waals surface area contributed by atoms with E-state index in [1.54, 1.807) is 25.3 Å². The summed E-state index contributed by atoms with van der Waals surface area (Å²) in [4.78, 5) is 15.1. The van der Waals surface area contributed by atoms with E-state index in [-0.39, 0.29) is 6.61 Å². The van der Waals surface area contributed by atoms with Crippen LogP contribution in [0.5, 0.6) is 11.5 Å². The number of anilines is 1. The number of aryl methyl sites for hydroxylation is 1. The topological polar surface area (TPSA) is 126 Å². The second-order valence-corrected chi connectivity index (χ2v) is 6.86. The SMILES string of the molecule is CCOc1cc(/C=N\Nc2nc(C)cc(COC)c2C#N)cc(Br)c1OCC(=O)O. The summed E-state index contributed by atoms with van der Waals surface area (Å²) >= 11 is 3.36. The fourth-order valence-electron chi connectivity index (χ4n) is 2.58. The number of hydrazone groups is 1. The summed E-state index contributed by atoms with van der Waals surface area (Å²) in [5, 5.41) is 22.5. The Morgan fingerprint density at radius 1 is 1.40 bits per heavy atom. The molecule has 2 rings (SSSR count). The van der Waals surface area contributed by atoms with Crippen molar-refractivity contribution in [1.29, 1.82) is 5.26 Å². The molecule has 0 spiro atoms. The number of carbonyl (C=O) groups is 1. The number of nitrogens with one attached hydrogen (secondary N) is 1. The van der Waals surface area contributed by atoms with Crippen LogP contribution < -0.4 is 14.9 Å². The average Bonchev–Trinajstić information content (AvgIpc) is 2.67. The molecule has 0 radical (unpaired) electrons. The molecule has 2 aromatic rings. The maximum absolute atomic E-state index is 10.8. The zero-order valence-electron chi connectivity index (χ0n) is 16.7. The predicted molar refractivity (Wildman–Crippen MR) is 114 cm³/mol. The van der Waals surface area contributed by atoms with Crippen LogP contribution in [0.25, 0.3) is 0 Å². The fourth-order valence-corrected chi connectivity index (χ4v) is 3.16. The highest BCUT2D eigenvalue weighted by molar-refractivity contribution is 9.10. The molecule has 1 aromatic carbocycles. The lowest BCUT2D eigenvalue weighted by atomic mass is 10.1. The molecule has 0 unspecified atom stereocenters. The Hall–Kier alpha value is -3.16. The Labute approximate surface area is 182 Å². The molecule has 0 atom stereocenters. The Balaban J connectivity index is 2.28. The van der Waals surface area contributed by atoms with Crippen LogP contribution in [0.4, 0.5) is 5.82 Å². The van der Waals surface area contributed by atoms with Gasteiger partial charge in [-0.3, -0.25) is 5.43 Å². The van der Waals surface area contributed by atoms with Gasteiger partial charge in [0.25, 0.3) is 0 Å². The summed E-state index contributed by atoms with van der Waals surface area (Å²) in [7, 11) is 1.56. The van der Waals surface area contributed by atoms with Crippen LogP contribution in [0, 0.1) is 18.3 Å². The zero-order chi connectivity index (χ0) is 22.1. The highest BCUT2D eigenvalue weighted by Gasteiger charge is 2.14. The molecule has 0 saturated heterocycles. The molecule has 0 amide bonds. The zero-order valence-corrected chi connectivity index (χ0v) is 18.3. The molecule has 2 N–H and O–H groups in total. The number of nitriles is 1. The summed E-state index contributed by atoms with van der Waals surface area (Å²) < 4.78 is 16.5. The highest BCUT2D eigenvalue weighted by Crippen LogP contribution is 2.36. The van der Waals surface area contributed by atoms with E-state index in [9.17, 15) is 10.1 Å². The first-order valence-electron chi connectivity index (χ1n) is 8.89. The van der Waals surface area contributed by atoms with Crippen LogP contribution in [0.15, 0.2) is 27.8 Å². The summed E-state index contributed by atoms with van der Waals surface area (Å²) in [6.45, 7) is 3.79. The Morgan fingerprint density at radius 2 is 2.17 bits per heavy atom. The van der Waals surface area contributed by atoms with Crippen molar-refractivity contribution in [3.63, 3.8) is 0 Å². The quantitative estimate of drug-likeness (QED) is 0.394. The minimum absolute atomic E-state index is 0.285. The molecule has 1 heterocycles. The van der Waals surface area contributed by atoms with E-state index in [1.165, 1.54) is 6.21 Å². The van der Waals surface area contributed by atoms with E-state index >= 15 is 0 Å². The number of hydrogen-bond donors (Lipinski definition) is 2. The smallest absolute Gasteiger partial charge is 0.341 e. The van der Waals surface area contributed by atoms with Crippen molar-refractivity contribution >= 4 is 33.9 Å². The van der Waals surface area contributed by atoms with Gasteiger partial charge in [-0.15, -0.1) is 0 Å². The van der Waals surface area contributed by atoms with Crippen molar-refractivity contribution in [2.75, 3.05) is 25.7 Å². The third-order valence-corrected chi connectivity index (χ3v) is 4.29. The third kappa shape index (κ3) is 6.17. The standard InChI is InChI=1S/C20H21BrN4O5/c1-4-29-17-7-13(6-16(21)19(17)30-11-18(26)27)9-23-25-20-15(8-22)14(10-28-3)5-12(2)24-20/h5-7,9H,4,10-11H2,1-3H3,(H,24,25)(H,26,27)/b23-9-. The Morgan fingerprint density at radius 3 is 2.80 bits per heavy atom. The van der Waals surface area contributed by atoms with Crippen molar-refractivity contribution in [2.45, 2.75) is 20.5 Å². The number of pyridine rings is 1. The first kappa shape index (κ1) is 23.1. The predicted octanol–water partition coefficient (Wildman–Crippen LogP) is 3.48. The number of aliphatic carboxylic acids is 1. The second kappa shape index (κ2) is 11.1. The first-order valence-corrected chi connectivity index (χ1v) is 9.68. The average molecular weight is 477 g/mol. The van der Waals surface area contributed by atoms with Crippen LogP contribution >= 0.6 is 15.9 Å². The van der Waals surface area contributed by atoms with Gasteiger partial charge < -0.3 is 19.3 Å². The molecular formula is C20H21BrN4O5. The van der Waals surface area contributed by atoms with E-state index in [1.807, 2.05) is 13.8 Å². The lowest BCUT2D eigenvalue weighted by molar-refractivity contribution is -0.139. The van der Waals surface area contributed by atoms with Crippen LogP contribution in [0.1, 0.15) is 29.3 Å². The molecule has 9 nitrogen and oxygen atoms in total. The van der Waals surface area contributed by atoms with Crippen LogP contribution in [-0.2, 0) is 16.1 Å². The van der Waals surface area contributed by atoms with Gasteiger partial charge in [0, 0.05) is 18.4 Å². The number of aromatic nitrogens is 1. The van der Waals surface area contributed by atoms with Crippen LogP contribution in [0.3, 0.4) is 0 Å². The number of carboxylic acids is 1. The molecule has 0 saturated carbocycles. The van der Waals surface area contributed by atoms with Gasteiger partial charge in [-0.1, -0.05) is 0 Å². The largest absolute Gasteiger partial charge is 0.490 e. The van der Waals surface area contributed by atoms with Crippen molar-refractivity contribution in [2.24, 2.45) is 5.10 Å². The summed E-state index contributed by atoms with van der Waals surface area (Å²) in [6.07, 6.45) is 1.52. The minimum Gasteiger partial charge on any atom is -0.490 e. The van der Waals surface area contributed by atoms with Gasteiger partial charge in [-0.25, -0.2) is 9.78 Å². The van der Waals surface area contributed by atoms with Crippen molar-refractivity contribution in [3.8, 4) is 17.6 Å². The van der Waals surface area contributed by atoms with E-state index in [0.29, 0.717) is 45.1 Å². The molecule has 0 aliphatic heterocycles. The summed E-state index contributed by atoms with van der Waals surface area (Å²) in [6, 6.07) is 7.28. The monoisotopic (exact) mass is 476 g/mol. The number of hydrogen-bond acceptors (Lipinski definition) is 8. The number of methoxy groups -OCH3 is 1. The molecule has 158 valence electrons. The first-order chi connectivity index (χ1) is 14.4. The van der Waals surface area contributed by atoms with Gasteiger partial charge in [0.15, 0.2) is 23.9 Å². The van der Waals surface area contributed by atoms with Gasteiger partial charge in [0.1, 0.15) is 11.6 Å². The number of ether oxygens (including phenoxy) is 3. The maximum atomic E-state index is 10.8. The lowest BCUT2D eigenvalue weighted by Gasteiger charge is -2.13. The van der Waals surface area contributed by atoms with E-state index < -0.39 is 12.6 Å². The normalized spacial score (nSPS) is 10.6. The number of nitrogens with zero attached hydrogens (tertiary/aromatic N) is 3. The summed E-state index contributed by atoms with van der Waals surface area (Å²) in [5.74, 6) is -0.0960. The fraction of sp³-hybridized carbons (Fsp3) is 0.300. The molecule has 0 aliphatic carbocycles. The number of benzene rings is 1. The van der Waals surface area contributed by atoms with Crippen molar-refractivity contribution < 1.29 is 24.1 Å². The highest BCUT2D eigenvalue weighted by atomic mass is 79.9. The number of halogens is 1. The lowest BCUT2D eigenvalue weighted by Crippen LogP contribution is -2.11. The third-order valence-electron chi connectivity index (χ3n) is 3.70. The molecule has 30 heavy (non-hydrogen) atoms. The Bertz CT molecular complexity index is 988. The molecule has 0 aliphatic rings. The van der Waals surface area contributed by atoms with E-state index in [4.69, 9.17) is 19.3 Å². The van der Waals surface area contributed by atoms with Gasteiger partial charge in [-0.05, 0) is 53.5 Å². The van der Waals surface area contributed by atoms with Gasteiger partial charge >= 0.3 is 5.97 Å². The van der Waals surface area contributed by atoms with Gasteiger partial charge in [-0.2, -0.15) is 10.4 Å². The molecule has 1 aromatic heterocycles. The van der Waals surface area contributed by atoms with E-state index in [0.717, 1.165) is 5.69 Å². The minimum atomic E-state index is -1.09. The van der Waals surface area contributed by atoms with Crippen LogP contribution in [0.2, 0.25) is 0 Å². The number of rotatable bonds is 10. The molecular weight excluding hydrogens is 456 g/mol. The van der Waals surface area contributed by atoms with Crippen molar-refractivity contribution in [3.05, 3.63) is 45.1 Å². The van der Waals surface area contributed by atoms with Gasteiger partial charge in [0.05, 0.1) is 23.9 Å². The van der Waals surface area contributed by atoms with Gasteiger partial charge in [0.2, 0.25) is 0 Å². The Kier molecular flexibility index (Phi) is 8.58. The van der Waals surface area contributed by atoms with E-state index in [2.05, 4.69) is 37.5 Å². The van der Waals surface area contributed by atoms with Crippen molar-refractivity contribution in [1.82, 2.24) is 4.98 Å². The number of carboxylic acid groups (broad SMARTS) is 1. The van der Waals surface area contributed by atoms with Crippen LogP contribution in [-0.4, -0.2) is 42.6 Å². The molecule has 10 heteroatoms. The molecule has 0 bridgehead atoms. The summed E-state index contributed by atoms with van der Waals surface area (Å²) in [5.41, 5.74) is 5.24.